The molecule has 1 saturated heterocycles. The molecule has 27 heavy (non-hydrogen) atoms. The Labute approximate surface area is 160 Å². The average Bonchev–Trinajstić information content (AvgIpc) is 2.96. The van der Waals surface area contributed by atoms with E-state index in [0.29, 0.717) is 15.6 Å². The Bertz CT molecular complexity index is 998. The largest absolute Gasteiger partial charge is 0.490 e. The number of aryl methyl sites for hydroxylation is 2. The Kier molecular flexibility index (Phi) is 5.27. The van der Waals surface area contributed by atoms with Gasteiger partial charge in [-0.25, -0.2) is 4.99 Å². The van der Waals surface area contributed by atoms with E-state index in [1.54, 1.807) is 12.1 Å². The van der Waals surface area contributed by atoms with E-state index in [-0.39, 0.29) is 17.3 Å². The van der Waals surface area contributed by atoms with Crippen LogP contribution >= 0.6 is 11.8 Å². The number of ether oxygens (including phenoxy) is 1. The fourth-order valence-corrected chi connectivity index (χ4v) is 3.45. The minimum Gasteiger partial charge on any atom is -0.490 e. The number of nitrogens with zero attached hydrogens (tertiary/aromatic N) is 2. The number of methoxy groups -OCH3 is 1. The summed E-state index contributed by atoms with van der Waals surface area (Å²) in [6, 6.07) is 10.4. The van der Waals surface area contributed by atoms with Gasteiger partial charge in [0.1, 0.15) is 0 Å². The summed E-state index contributed by atoms with van der Waals surface area (Å²) in [6.45, 7) is 3.96. The topological polar surface area (TPSA) is 93.8 Å². The first kappa shape index (κ1) is 18.7. The maximum Gasteiger partial charge on any atom is 0.311 e. The fraction of sp³-hybridized carbons (Fsp3) is 0.158. The summed E-state index contributed by atoms with van der Waals surface area (Å²) in [7, 11) is 1.37. The van der Waals surface area contributed by atoms with Crippen LogP contribution in [-0.4, -0.2) is 23.1 Å². The van der Waals surface area contributed by atoms with Gasteiger partial charge in [0.2, 0.25) is 0 Å². The molecule has 1 amide bonds. The molecule has 0 aliphatic carbocycles. The van der Waals surface area contributed by atoms with Gasteiger partial charge in [0, 0.05) is 6.07 Å². The molecule has 0 radical (unpaired) electrons. The SMILES string of the molecule is COc1ccc(/C=C2/SC(=Nc3ccc(C)cc3C)NC2=O)cc1[N+](=O)[O-]. The molecule has 1 aliphatic heterocycles. The van der Waals surface area contributed by atoms with Crippen molar-refractivity contribution in [2.45, 2.75) is 13.8 Å². The summed E-state index contributed by atoms with van der Waals surface area (Å²) in [5.41, 5.74) is 3.32. The van der Waals surface area contributed by atoms with E-state index in [9.17, 15) is 14.9 Å². The molecule has 1 heterocycles. The average molecular weight is 383 g/mol. The maximum atomic E-state index is 12.2. The van der Waals surface area contributed by atoms with Crippen LogP contribution in [-0.2, 0) is 4.79 Å². The Morgan fingerprint density at radius 1 is 1.22 bits per heavy atom. The second-order valence-corrected chi connectivity index (χ2v) is 6.99. The van der Waals surface area contributed by atoms with Crippen LogP contribution in [0.15, 0.2) is 46.3 Å². The molecule has 1 N–H and O–H groups in total. The zero-order valence-electron chi connectivity index (χ0n) is 15.0. The van der Waals surface area contributed by atoms with Crippen LogP contribution in [0.5, 0.6) is 5.75 Å². The number of nitrogens with one attached hydrogen (secondary N) is 1. The van der Waals surface area contributed by atoms with E-state index in [1.807, 2.05) is 32.0 Å². The van der Waals surface area contributed by atoms with Gasteiger partial charge >= 0.3 is 5.69 Å². The zero-order chi connectivity index (χ0) is 19.6. The molecule has 0 atom stereocenters. The molecule has 0 aromatic heterocycles. The van der Waals surface area contributed by atoms with Gasteiger partial charge in [-0.1, -0.05) is 23.8 Å². The molecule has 2 aromatic carbocycles. The first-order chi connectivity index (χ1) is 12.9. The maximum absolute atomic E-state index is 12.2. The predicted octanol–water partition coefficient (Wildman–Crippen LogP) is 4.11. The van der Waals surface area contributed by atoms with Crippen molar-refractivity contribution in [3.05, 3.63) is 68.1 Å². The molecule has 7 nitrogen and oxygen atoms in total. The Morgan fingerprint density at radius 2 is 2.00 bits per heavy atom. The lowest BCUT2D eigenvalue weighted by Crippen LogP contribution is -2.19. The second kappa shape index (κ2) is 7.63. The van der Waals surface area contributed by atoms with Crippen molar-refractivity contribution in [1.82, 2.24) is 5.32 Å². The highest BCUT2D eigenvalue weighted by molar-refractivity contribution is 8.18. The van der Waals surface area contributed by atoms with Crippen molar-refractivity contribution in [3.8, 4) is 5.75 Å². The van der Waals surface area contributed by atoms with Crippen molar-refractivity contribution in [2.75, 3.05) is 7.11 Å². The van der Waals surface area contributed by atoms with E-state index in [2.05, 4.69) is 10.3 Å². The molecule has 1 aliphatic rings. The third-order valence-corrected chi connectivity index (χ3v) is 4.83. The number of aliphatic imine (C=N–C) groups is 1. The van der Waals surface area contributed by atoms with Gasteiger partial charge in [0.15, 0.2) is 10.9 Å². The van der Waals surface area contributed by atoms with Crippen LogP contribution in [0.3, 0.4) is 0 Å². The van der Waals surface area contributed by atoms with Crippen LogP contribution in [0, 0.1) is 24.0 Å². The standard InChI is InChI=1S/C19H17N3O4S/c1-11-4-6-14(12(2)8-11)20-19-21-18(23)17(27-19)10-13-5-7-16(26-3)15(9-13)22(24)25/h4-10H,1-3H3,(H,20,21,23)/b17-10+. The predicted molar refractivity (Wildman–Crippen MR) is 106 cm³/mol. The number of amidine groups is 1. The lowest BCUT2D eigenvalue weighted by atomic mass is 10.1. The summed E-state index contributed by atoms with van der Waals surface area (Å²) < 4.78 is 4.99. The minimum absolute atomic E-state index is 0.153. The van der Waals surface area contributed by atoms with Crippen LogP contribution in [0.25, 0.3) is 6.08 Å². The van der Waals surface area contributed by atoms with Gasteiger partial charge in [0.25, 0.3) is 5.91 Å². The summed E-state index contributed by atoms with van der Waals surface area (Å²) >= 11 is 1.19. The lowest BCUT2D eigenvalue weighted by Gasteiger charge is -2.02. The van der Waals surface area contributed by atoms with Crippen molar-refractivity contribution in [3.63, 3.8) is 0 Å². The highest BCUT2D eigenvalue weighted by Gasteiger charge is 2.24. The number of carbonyl (C=O) groups is 1. The Balaban J connectivity index is 1.88. The van der Waals surface area contributed by atoms with Crippen LogP contribution in [0.2, 0.25) is 0 Å². The summed E-state index contributed by atoms with van der Waals surface area (Å²) in [6.07, 6.45) is 1.59. The molecule has 2 aromatic rings. The van der Waals surface area contributed by atoms with E-state index in [4.69, 9.17) is 4.74 Å². The van der Waals surface area contributed by atoms with Gasteiger partial charge in [-0.2, -0.15) is 0 Å². The first-order valence-corrected chi connectivity index (χ1v) is 8.88. The molecule has 0 bridgehead atoms. The minimum atomic E-state index is -0.518. The Morgan fingerprint density at radius 3 is 2.67 bits per heavy atom. The smallest absolute Gasteiger partial charge is 0.311 e. The number of thioether (sulfide) groups is 1. The number of hydrogen-bond donors (Lipinski definition) is 1. The molecule has 1 fully saturated rings. The highest BCUT2D eigenvalue weighted by atomic mass is 32.2. The first-order valence-electron chi connectivity index (χ1n) is 8.06. The normalized spacial score (nSPS) is 16.6. The van der Waals surface area contributed by atoms with Crippen LogP contribution in [0.1, 0.15) is 16.7 Å². The van der Waals surface area contributed by atoms with E-state index >= 15 is 0 Å². The van der Waals surface area contributed by atoms with Gasteiger partial charge < -0.3 is 10.1 Å². The molecule has 3 rings (SSSR count). The molecule has 8 heteroatoms. The summed E-state index contributed by atoms with van der Waals surface area (Å²) in [5, 5.41) is 14.3. The molecule has 0 spiro atoms. The van der Waals surface area contributed by atoms with Crippen molar-refractivity contribution >= 4 is 40.3 Å². The third-order valence-electron chi connectivity index (χ3n) is 3.92. The van der Waals surface area contributed by atoms with Gasteiger partial charge in [-0.15, -0.1) is 0 Å². The van der Waals surface area contributed by atoms with Gasteiger partial charge in [-0.3, -0.25) is 14.9 Å². The molecular weight excluding hydrogens is 366 g/mol. The molecule has 0 saturated carbocycles. The number of rotatable bonds is 4. The highest BCUT2D eigenvalue weighted by Crippen LogP contribution is 2.32. The zero-order valence-corrected chi connectivity index (χ0v) is 15.8. The molecular formula is C19H17N3O4S. The van der Waals surface area contributed by atoms with E-state index in [0.717, 1.165) is 16.8 Å². The van der Waals surface area contributed by atoms with Crippen molar-refractivity contribution in [2.24, 2.45) is 4.99 Å². The number of nitro benzene ring substituents is 1. The number of carbonyl (C=O) groups excluding carboxylic acids is 1. The Hall–Kier alpha value is -3.13. The number of benzene rings is 2. The molecule has 0 unspecified atom stereocenters. The van der Waals surface area contributed by atoms with Crippen LogP contribution < -0.4 is 10.1 Å². The number of hydrogen-bond acceptors (Lipinski definition) is 6. The monoisotopic (exact) mass is 383 g/mol. The van der Waals surface area contributed by atoms with Crippen LogP contribution in [0.4, 0.5) is 11.4 Å². The van der Waals surface area contributed by atoms with Gasteiger partial charge in [0.05, 0.1) is 22.6 Å². The number of amides is 1. The number of nitro groups is 1. The molecule has 138 valence electrons. The third kappa shape index (κ3) is 4.17. The summed E-state index contributed by atoms with van der Waals surface area (Å²) in [5.74, 6) is -0.121. The fourth-order valence-electron chi connectivity index (χ4n) is 2.61. The second-order valence-electron chi connectivity index (χ2n) is 5.96. The van der Waals surface area contributed by atoms with Gasteiger partial charge in [-0.05, 0) is 54.9 Å². The van der Waals surface area contributed by atoms with E-state index < -0.39 is 4.92 Å². The van der Waals surface area contributed by atoms with Crippen molar-refractivity contribution < 1.29 is 14.5 Å². The van der Waals surface area contributed by atoms with Crippen molar-refractivity contribution in [1.29, 1.82) is 0 Å². The summed E-state index contributed by atoms with van der Waals surface area (Å²) in [4.78, 5) is 27.8. The quantitative estimate of drug-likeness (QED) is 0.487. The lowest BCUT2D eigenvalue weighted by molar-refractivity contribution is -0.385. The van der Waals surface area contributed by atoms with E-state index in [1.165, 1.54) is 31.0 Å².